The molecule has 0 aliphatic carbocycles. The molecule has 17 heavy (non-hydrogen) atoms. The zero-order valence-electron chi connectivity index (χ0n) is 10.8. The molecular weight excluding hydrogens is 218 g/mol. The van der Waals surface area contributed by atoms with E-state index in [0.717, 1.165) is 52.5 Å². The molecule has 0 saturated carbocycles. The fourth-order valence-corrected chi connectivity index (χ4v) is 2.68. The van der Waals surface area contributed by atoms with Gasteiger partial charge in [0.1, 0.15) is 0 Å². The zero-order chi connectivity index (χ0) is 12.1. The second-order valence-electron chi connectivity index (χ2n) is 5.16. The molecule has 2 rings (SSSR count). The summed E-state index contributed by atoms with van der Waals surface area (Å²) in [6.07, 6.45) is 0. The highest BCUT2D eigenvalue weighted by Gasteiger charge is 2.23. The normalized spacial score (nSPS) is 32.8. The number of nitrogens with one attached hydrogen (secondary N) is 1. The lowest BCUT2D eigenvalue weighted by Gasteiger charge is -2.38. The van der Waals surface area contributed by atoms with Crippen LogP contribution in [-0.4, -0.2) is 86.1 Å². The number of aliphatic hydroxyl groups is 1. The second kappa shape index (κ2) is 6.66. The number of morpholine rings is 1. The minimum absolute atomic E-state index is 0.235. The summed E-state index contributed by atoms with van der Waals surface area (Å²) in [5.74, 6) is 0. The minimum atomic E-state index is 0.235. The Balaban J connectivity index is 1.70. The lowest BCUT2D eigenvalue weighted by molar-refractivity contribution is 0.0294. The van der Waals surface area contributed by atoms with Crippen LogP contribution in [0.3, 0.4) is 0 Å². The van der Waals surface area contributed by atoms with Crippen LogP contribution in [0.1, 0.15) is 6.92 Å². The van der Waals surface area contributed by atoms with E-state index in [0.29, 0.717) is 6.04 Å². The molecule has 0 bridgehead atoms. The lowest BCUT2D eigenvalue weighted by Crippen LogP contribution is -2.57. The fraction of sp³-hybridized carbons (Fsp3) is 1.00. The maximum atomic E-state index is 9.23. The number of nitrogens with zero attached hydrogens (tertiary/aromatic N) is 2. The van der Waals surface area contributed by atoms with Crippen LogP contribution >= 0.6 is 0 Å². The van der Waals surface area contributed by atoms with Crippen LogP contribution < -0.4 is 5.32 Å². The van der Waals surface area contributed by atoms with E-state index in [1.54, 1.807) is 0 Å². The summed E-state index contributed by atoms with van der Waals surface area (Å²) in [4.78, 5) is 4.92. The van der Waals surface area contributed by atoms with Crippen molar-refractivity contribution in [2.45, 2.75) is 19.0 Å². The van der Waals surface area contributed by atoms with Crippen molar-refractivity contribution in [1.82, 2.24) is 15.1 Å². The Hall–Kier alpha value is -0.200. The van der Waals surface area contributed by atoms with Gasteiger partial charge < -0.3 is 15.2 Å². The molecule has 5 nitrogen and oxygen atoms in total. The molecule has 100 valence electrons. The summed E-state index contributed by atoms with van der Waals surface area (Å²) in [6, 6.07) is 0.717. The summed E-state index contributed by atoms with van der Waals surface area (Å²) in [5, 5.41) is 12.6. The number of ether oxygens (including phenoxy) is 1. The number of aliphatic hydroxyl groups excluding tert-OH is 1. The van der Waals surface area contributed by atoms with Crippen molar-refractivity contribution in [1.29, 1.82) is 0 Å². The van der Waals surface area contributed by atoms with Crippen LogP contribution in [0.5, 0.6) is 0 Å². The number of piperazine rings is 1. The average Bonchev–Trinajstić information content (AvgIpc) is 2.37. The van der Waals surface area contributed by atoms with Crippen molar-refractivity contribution >= 4 is 0 Å². The van der Waals surface area contributed by atoms with Crippen molar-refractivity contribution < 1.29 is 9.84 Å². The number of hydrogen-bond donors (Lipinski definition) is 2. The predicted molar refractivity (Wildman–Crippen MR) is 67.2 cm³/mol. The van der Waals surface area contributed by atoms with Gasteiger partial charge in [-0.15, -0.1) is 0 Å². The summed E-state index contributed by atoms with van der Waals surface area (Å²) < 4.78 is 5.34. The molecule has 2 N–H and O–H groups in total. The first-order valence-corrected chi connectivity index (χ1v) is 6.67. The Bertz CT molecular complexity index is 222. The van der Waals surface area contributed by atoms with Gasteiger partial charge in [0.25, 0.3) is 0 Å². The van der Waals surface area contributed by atoms with E-state index in [1.165, 1.54) is 0 Å². The molecule has 0 aromatic carbocycles. The van der Waals surface area contributed by atoms with Crippen LogP contribution in [0, 0.1) is 0 Å². The van der Waals surface area contributed by atoms with E-state index in [-0.39, 0.29) is 12.6 Å². The van der Waals surface area contributed by atoms with E-state index in [9.17, 15) is 5.11 Å². The first-order chi connectivity index (χ1) is 8.28. The molecule has 2 aliphatic heterocycles. The third-order valence-corrected chi connectivity index (χ3v) is 3.59. The molecule has 2 fully saturated rings. The fourth-order valence-electron chi connectivity index (χ4n) is 2.68. The van der Waals surface area contributed by atoms with Crippen molar-refractivity contribution in [3.05, 3.63) is 0 Å². The van der Waals surface area contributed by atoms with E-state index >= 15 is 0 Å². The monoisotopic (exact) mass is 243 g/mol. The highest BCUT2D eigenvalue weighted by Crippen LogP contribution is 2.05. The van der Waals surface area contributed by atoms with Crippen molar-refractivity contribution in [2.24, 2.45) is 0 Å². The van der Waals surface area contributed by atoms with Gasteiger partial charge in [-0.25, -0.2) is 0 Å². The average molecular weight is 243 g/mol. The van der Waals surface area contributed by atoms with E-state index in [4.69, 9.17) is 4.74 Å². The third kappa shape index (κ3) is 4.19. The van der Waals surface area contributed by atoms with Gasteiger partial charge in [0.2, 0.25) is 0 Å². The molecule has 2 heterocycles. The van der Waals surface area contributed by atoms with Gasteiger partial charge in [-0.1, -0.05) is 0 Å². The van der Waals surface area contributed by atoms with Crippen LogP contribution in [-0.2, 0) is 4.74 Å². The minimum Gasteiger partial charge on any atom is -0.395 e. The summed E-state index contributed by atoms with van der Waals surface area (Å²) in [6.45, 7) is 10.6. The van der Waals surface area contributed by atoms with Crippen LogP contribution in [0.2, 0.25) is 0 Å². The summed E-state index contributed by atoms with van der Waals surface area (Å²) >= 11 is 0. The topological polar surface area (TPSA) is 48.0 Å². The number of rotatable bonds is 4. The van der Waals surface area contributed by atoms with Crippen molar-refractivity contribution in [3.63, 3.8) is 0 Å². The first-order valence-electron chi connectivity index (χ1n) is 6.67. The number of hydrogen-bond acceptors (Lipinski definition) is 5. The standard InChI is InChI=1S/C12H25N3O2/c1-11-8-15(9-12(10-16)13-11)3-2-14-4-6-17-7-5-14/h11-13,16H,2-10H2,1H3. The molecule has 5 heteroatoms. The quantitative estimate of drug-likeness (QED) is 0.661. The Kier molecular flexibility index (Phi) is 5.18. The molecule has 0 radical (unpaired) electrons. The van der Waals surface area contributed by atoms with Gasteiger partial charge in [-0.3, -0.25) is 9.80 Å². The van der Waals surface area contributed by atoms with Crippen LogP contribution in [0.4, 0.5) is 0 Å². The molecule has 0 aromatic heterocycles. The van der Waals surface area contributed by atoms with Gasteiger partial charge in [0.15, 0.2) is 0 Å². The molecule has 2 unspecified atom stereocenters. The van der Waals surface area contributed by atoms with Gasteiger partial charge in [0, 0.05) is 51.4 Å². The first kappa shape index (κ1) is 13.2. The van der Waals surface area contributed by atoms with Crippen LogP contribution in [0.25, 0.3) is 0 Å². The van der Waals surface area contributed by atoms with Gasteiger partial charge in [0.05, 0.1) is 19.8 Å². The smallest absolute Gasteiger partial charge is 0.0597 e. The van der Waals surface area contributed by atoms with Crippen LogP contribution in [0.15, 0.2) is 0 Å². The predicted octanol–water partition coefficient (Wildman–Crippen LogP) is -1.03. The van der Waals surface area contributed by atoms with Gasteiger partial charge >= 0.3 is 0 Å². The SMILES string of the molecule is CC1CN(CCN2CCOCC2)CC(CO)N1. The third-order valence-electron chi connectivity index (χ3n) is 3.59. The van der Waals surface area contributed by atoms with Gasteiger partial charge in [-0.2, -0.15) is 0 Å². The summed E-state index contributed by atoms with van der Waals surface area (Å²) in [7, 11) is 0. The Morgan fingerprint density at radius 1 is 1.18 bits per heavy atom. The second-order valence-corrected chi connectivity index (χ2v) is 5.16. The Labute approximate surface area is 104 Å². The lowest BCUT2D eigenvalue weighted by atomic mass is 10.1. The maximum Gasteiger partial charge on any atom is 0.0597 e. The summed E-state index contributed by atoms with van der Waals surface area (Å²) in [5.41, 5.74) is 0. The van der Waals surface area contributed by atoms with Crippen molar-refractivity contribution in [3.8, 4) is 0 Å². The molecule has 0 amide bonds. The maximum absolute atomic E-state index is 9.23. The molecule has 2 saturated heterocycles. The van der Waals surface area contributed by atoms with Gasteiger partial charge in [-0.05, 0) is 6.92 Å². The van der Waals surface area contributed by atoms with E-state index in [1.807, 2.05) is 0 Å². The molecule has 2 atom stereocenters. The molecule has 2 aliphatic rings. The van der Waals surface area contributed by atoms with E-state index in [2.05, 4.69) is 22.0 Å². The molecule has 0 aromatic rings. The largest absolute Gasteiger partial charge is 0.395 e. The highest BCUT2D eigenvalue weighted by molar-refractivity contribution is 4.83. The Morgan fingerprint density at radius 3 is 2.59 bits per heavy atom. The highest BCUT2D eigenvalue weighted by atomic mass is 16.5. The zero-order valence-corrected chi connectivity index (χ0v) is 10.8. The molecular formula is C12H25N3O2. The Morgan fingerprint density at radius 2 is 1.88 bits per heavy atom. The molecule has 0 spiro atoms. The van der Waals surface area contributed by atoms with Crippen molar-refractivity contribution in [2.75, 3.05) is 59.1 Å². The van der Waals surface area contributed by atoms with E-state index < -0.39 is 0 Å².